The molecular weight excluding hydrogens is 354 g/mol. The van der Waals surface area contributed by atoms with Crippen LogP contribution in [0, 0.1) is 9.39 Å². The fourth-order valence-corrected chi connectivity index (χ4v) is 2.42. The highest BCUT2D eigenvalue weighted by Gasteiger charge is 2.08. The largest absolute Gasteiger partial charge is 0.398 e. The predicted octanol–water partition coefficient (Wildman–Crippen LogP) is 2.63. The van der Waals surface area contributed by atoms with Crippen molar-refractivity contribution in [2.75, 3.05) is 18.0 Å². The molecule has 3 nitrogen and oxygen atoms in total. The summed E-state index contributed by atoms with van der Waals surface area (Å²) in [5.41, 5.74) is 6.26. The molecule has 0 saturated carbocycles. The zero-order valence-corrected chi connectivity index (χ0v) is 12.4. The van der Waals surface area contributed by atoms with Gasteiger partial charge in [-0.2, -0.15) is 0 Å². The normalized spacial score (nSPS) is 10.3. The van der Waals surface area contributed by atoms with Crippen molar-refractivity contribution in [3.63, 3.8) is 0 Å². The Hall–Kier alpha value is -0.500. The Morgan fingerprint density at radius 1 is 1.59 bits per heavy atom. The van der Waals surface area contributed by atoms with Crippen molar-refractivity contribution in [1.82, 2.24) is 5.32 Å². The number of amides is 1. The summed E-state index contributed by atoms with van der Waals surface area (Å²) in [6.07, 6.45) is 0.900. The molecule has 0 aliphatic carbocycles. The first-order chi connectivity index (χ1) is 8.04. The first kappa shape index (κ1) is 14.6. The second-order valence-electron chi connectivity index (χ2n) is 3.44. The molecule has 0 spiro atoms. The van der Waals surface area contributed by atoms with Crippen LogP contribution in [0.2, 0.25) is 0 Å². The summed E-state index contributed by atoms with van der Waals surface area (Å²) in [6.45, 7) is 2.65. The maximum atomic E-state index is 13.3. The van der Waals surface area contributed by atoms with E-state index in [0.29, 0.717) is 20.7 Å². The lowest BCUT2D eigenvalue weighted by molar-refractivity contribution is -0.118. The summed E-state index contributed by atoms with van der Waals surface area (Å²) < 4.78 is 13.8. The highest BCUT2D eigenvalue weighted by atomic mass is 127. The van der Waals surface area contributed by atoms with Crippen molar-refractivity contribution in [3.05, 3.63) is 21.5 Å². The van der Waals surface area contributed by atoms with Crippen LogP contribution >= 0.6 is 34.4 Å². The van der Waals surface area contributed by atoms with Crippen LogP contribution in [0.5, 0.6) is 0 Å². The fourth-order valence-electron chi connectivity index (χ4n) is 1.13. The predicted molar refractivity (Wildman–Crippen MR) is 77.6 cm³/mol. The minimum Gasteiger partial charge on any atom is -0.398 e. The molecule has 1 rings (SSSR count). The van der Waals surface area contributed by atoms with E-state index in [4.69, 9.17) is 5.73 Å². The van der Waals surface area contributed by atoms with Gasteiger partial charge in [0.15, 0.2) is 0 Å². The molecule has 6 heteroatoms. The van der Waals surface area contributed by atoms with Gasteiger partial charge in [-0.25, -0.2) is 4.39 Å². The molecule has 0 aromatic heterocycles. The maximum Gasteiger partial charge on any atom is 0.230 e. The van der Waals surface area contributed by atoms with Crippen LogP contribution in [0.25, 0.3) is 0 Å². The third-order valence-electron chi connectivity index (χ3n) is 1.98. The maximum absolute atomic E-state index is 13.3. The molecule has 1 aromatic rings. The smallest absolute Gasteiger partial charge is 0.230 e. The van der Waals surface area contributed by atoms with Crippen LogP contribution in [-0.2, 0) is 4.79 Å². The van der Waals surface area contributed by atoms with Gasteiger partial charge in [-0.15, -0.1) is 11.8 Å². The molecule has 3 N–H and O–H groups in total. The van der Waals surface area contributed by atoms with E-state index in [9.17, 15) is 9.18 Å². The lowest BCUT2D eigenvalue weighted by Gasteiger charge is -2.07. The van der Waals surface area contributed by atoms with Crippen LogP contribution in [0.4, 0.5) is 10.1 Å². The number of halogens is 2. The van der Waals surface area contributed by atoms with Crippen LogP contribution in [0.3, 0.4) is 0 Å². The number of nitrogens with two attached hydrogens (primary N) is 1. The standard InChI is InChI=1S/C11H14FIN2OS/c1-2-3-15-11(16)6-17-10-4-7(12)8(13)5-9(10)14/h4-5H,2-3,6,14H2,1H3,(H,15,16). The summed E-state index contributed by atoms with van der Waals surface area (Å²) >= 11 is 3.13. The Morgan fingerprint density at radius 2 is 2.29 bits per heavy atom. The highest BCUT2D eigenvalue weighted by molar-refractivity contribution is 14.1. The van der Waals surface area contributed by atoms with Crippen LogP contribution < -0.4 is 11.1 Å². The molecule has 0 saturated heterocycles. The minimum absolute atomic E-state index is 0.0600. The number of thioether (sulfide) groups is 1. The average Bonchev–Trinajstić information content (AvgIpc) is 2.29. The molecule has 0 unspecified atom stereocenters. The fraction of sp³-hybridized carbons (Fsp3) is 0.364. The van der Waals surface area contributed by atoms with Crippen molar-refractivity contribution in [2.45, 2.75) is 18.2 Å². The Balaban J connectivity index is 2.57. The molecule has 0 atom stereocenters. The first-order valence-corrected chi connectivity index (χ1v) is 7.25. The molecule has 17 heavy (non-hydrogen) atoms. The number of carbonyl (C=O) groups excluding carboxylic acids is 1. The number of hydrogen-bond acceptors (Lipinski definition) is 3. The second kappa shape index (κ2) is 7.05. The first-order valence-electron chi connectivity index (χ1n) is 5.18. The van der Waals surface area contributed by atoms with Crippen molar-refractivity contribution in [3.8, 4) is 0 Å². The number of anilines is 1. The SMILES string of the molecule is CCCNC(=O)CSc1cc(F)c(I)cc1N. The van der Waals surface area contributed by atoms with E-state index >= 15 is 0 Å². The lowest BCUT2D eigenvalue weighted by Crippen LogP contribution is -2.25. The molecule has 1 amide bonds. The molecule has 1 aromatic carbocycles. The molecule has 0 fully saturated rings. The Bertz CT molecular complexity index is 415. The van der Waals surface area contributed by atoms with E-state index in [-0.39, 0.29) is 17.5 Å². The molecule has 94 valence electrons. The monoisotopic (exact) mass is 368 g/mol. The van der Waals surface area contributed by atoms with E-state index in [1.165, 1.54) is 17.8 Å². The zero-order valence-electron chi connectivity index (χ0n) is 9.43. The van der Waals surface area contributed by atoms with Gasteiger partial charge in [0.05, 0.1) is 9.32 Å². The van der Waals surface area contributed by atoms with Crippen LogP contribution in [-0.4, -0.2) is 18.2 Å². The third-order valence-corrected chi connectivity index (χ3v) is 3.88. The van der Waals surface area contributed by atoms with E-state index < -0.39 is 0 Å². The van der Waals surface area contributed by atoms with Gasteiger partial charge in [0.1, 0.15) is 5.82 Å². The molecule has 0 aliphatic heterocycles. The molecule has 0 radical (unpaired) electrons. The van der Waals surface area contributed by atoms with E-state index in [0.717, 1.165) is 6.42 Å². The minimum atomic E-state index is -0.309. The number of rotatable bonds is 5. The number of carbonyl (C=O) groups is 1. The second-order valence-corrected chi connectivity index (χ2v) is 5.62. The topological polar surface area (TPSA) is 55.1 Å². The average molecular weight is 368 g/mol. The van der Waals surface area contributed by atoms with Gasteiger partial charge < -0.3 is 11.1 Å². The van der Waals surface area contributed by atoms with Crippen molar-refractivity contribution < 1.29 is 9.18 Å². The summed E-state index contributed by atoms with van der Waals surface area (Å²) in [7, 11) is 0. The van der Waals surface area contributed by atoms with Crippen LogP contribution in [0.1, 0.15) is 13.3 Å². The van der Waals surface area contributed by atoms with E-state index in [1.54, 1.807) is 6.07 Å². The number of hydrogen-bond donors (Lipinski definition) is 2. The van der Waals surface area contributed by atoms with Crippen molar-refractivity contribution in [1.29, 1.82) is 0 Å². The summed E-state index contributed by atoms with van der Waals surface area (Å²) in [4.78, 5) is 12.0. The highest BCUT2D eigenvalue weighted by Crippen LogP contribution is 2.28. The van der Waals surface area contributed by atoms with Gasteiger partial charge in [0.25, 0.3) is 0 Å². The molecule has 0 aliphatic rings. The van der Waals surface area contributed by atoms with Crippen molar-refractivity contribution >= 4 is 45.9 Å². The van der Waals surface area contributed by atoms with E-state index in [2.05, 4.69) is 5.32 Å². The van der Waals surface area contributed by atoms with Gasteiger partial charge in [-0.1, -0.05) is 6.92 Å². The summed E-state index contributed by atoms with van der Waals surface area (Å²) in [6, 6.07) is 2.94. The third kappa shape index (κ3) is 4.71. The van der Waals surface area contributed by atoms with Gasteiger partial charge in [-0.3, -0.25) is 4.79 Å². The lowest BCUT2D eigenvalue weighted by atomic mass is 10.3. The van der Waals surface area contributed by atoms with Gasteiger partial charge in [0.2, 0.25) is 5.91 Å². The quantitative estimate of drug-likeness (QED) is 0.477. The molecule has 0 heterocycles. The number of nitrogens with one attached hydrogen (secondary N) is 1. The van der Waals surface area contributed by atoms with Gasteiger partial charge >= 0.3 is 0 Å². The molecular formula is C11H14FIN2OS. The van der Waals surface area contributed by atoms with E-state index in [1.807, 2.05) is 29.5 Å². The van der Waals surface area contributed by atoms with Crippen LogP contribution in [0.15, 0.2) is 17.0 Å². The Morgan fingerprint density at radius 3 is 2.94 bits per heavy atom. The number of benzene rings is 1. The molecule has 0 bridgehead atoms. The summed E-state index contributed by atoms with van der Waals surface area (Å²) in [5, 5.41) is 2.75. The van der Waals surface area contributed by atoms with Gasteiger partial charge in [0, 0.05) is 17.1 Å². The van der Waals surface area contributed by atoms with Crippen molar-refractivity contribution in [2.24, 2.45) is 0 Å². The van der Waals surface area contributed by atoms with Gasteiger partial charge in [-0.05, 0) is 41.1 Å². The Labute approximate surface area is 118 Å². The number of nitrogen functional groups attached to an aromatic ring is 1. The zero-order chi connectivity index (χ0) is 12.8. The Kier molecular flexibility index (Phi) is 6.04. The summed E-state index contributed by atoms with van der Waals surface area (Å²) in [5.74, 6) is -0.115.